The second-order valence-corrected chi connectivity index (χ2v) is 6.75. The molecule has 0 saturated carbocycles. The van der Waals surface area contributed by atoms with Crippen LogP contribution in [0.25, 0.3) is 5.82 Å². The van der Waals surface area contributed by atoms with E-state index >= 15 is 0 Å². The Morgan fingerprint density at radius 3 is 2.82 bits per heavy atom. The van der Waals surface area contributed by atoms with Gasteiger partial charge in [0.15, 0.2) is 6.61 Å². The van der Waals surface area contributed by atoms with Crippen LogP contribution in [0.15, 0.2) is 54.9 Å². The zero-order chi connectivity index (χ0) is 19.5. The number of aryl methyl sites for hydroxylation is 1. The van der Waals surface area contributed by atoms with Crippen molar-refractivity contribution in [2.75, 3.05) is 13.2 Å². The minimum atomic E-state index is -0.336. The summed E-state index contributed by atoms with van der Waals surface area (Å²) in [5, 5.41) is 0. The van der Waals surface area contributed by atoms with Gasteiger partial charge in [-0.2, -0.15) is 0 Å². The van der Waals surface area contributed by atoms with Crippen molar-refractivity contribution in [2.24, 2.45) is 0 Å². The van der Waals surface area contributed by atoms with E-state index in [4.69, 9.17) is 9.72 Å². The van der Waals surface area contributed by atoms with Crippen LogP contribution in [0.2, 0.25) is 0 Å². The molecule has 144 valence electrons. The number of hydrogen-bond donors (Lipinski definition) is 0. The van der Waals surface area contributed by atoms with E-state index in [1.165, 1.54) is 24.3 Å². The summed E-state index contributed by atoms with van der Waals surface area (Å²) in [6.07, 6.45) is 5.39. The van der Waals surface area contributed by atoms with E-state index in [2.05, 4.69) is 4.98 Å². The first kappa shape index (κ1) is 18.2. The molecule has 4 rings (SSSR count). The van der Waals surface area contributed by atoms with Crippen LogP contribution in [-0.4, -0.2) is 38.5 Å². The number of rotatable bonds is 5. The molecule has 1 aliphatic rings. The summed E-state index contributed by atoms with van der Waals surface area (Å²) in [5.74, 6) is 1.68. The molecule has 0 aliphatic carbocycles. The lowest BCUT2D eigenvalue weighted by Gasteiger charge is -2.24. The number of aromatic nitrogens is 3. The van der Waals surface area contributed by atoms with Crippen molar-refractivity contribution in [3.05, 3.63) is 72.2 Å². The van der Waals surface area contributed by atoms with Crippen molar-refractivity contribution in [1.82, 2.24) is 19.4 Å². The summed E-state index contributed by atoms with van der Waals surface area (Å²) in [5.41, 5.74) is 0.859. The van der Waals surface area contributed by atoms with E-state index in [9.17, 15) is 9.18 Å². The van der Waals surface area contributed by atoms with E-state index < -0.39 is 0 Å². The quantitative estimate of drug-likeness (QED) is 0.680. The van der Waals surface area contributed by atoms with Gasteiger partial charge in [0.05, 0.1) is 11.7 Å². The summed E-state index contributed by atoms with van der Waals surface area (Å²) in [4.78, 5) is 23.5. The van der Waals surface area contributed by atoms with Gasteiger partial charge in [-0.1, -0.05) is 6.07 Å². The molecule has 0 N–H and O–H groups in total. The number of carbonyl (C=O) groups excluding carboxylic acids is 1. The van der Waals surface area contributed by atoms with Gasteiger partial charge in [0.25, 0.3) is 5.91 Å². The van der Waals surface area contributed by atoms with Crippen LogP contribution in [0.1, 0.15) is 30.4 Å². The molecule has 2 aromatic heterocycles. The summed E-state index contributed by atoms with van der Waals surface area (Å²) in [6, 6.07) is 11.4. The first-order chi connectivity index (χ1) is 13.6. The summed E-state index contributed by atoms with van der Waals surface area (Å²) in [7, 11) is 0. The van der Waals surface area contributed by atoms with E-state index in [-0.39, 0.29) is 24.4 Å². The lowest BCUT2D eigenvalue weighted by Crippen LogP contribution is -2.34. The predicted octanol–water partition coefficient (Wildman–Crippen LogP) is 3.46. The highest BCUT2D eigenvalue weighted by Gasteiger charge is 2.31. The number of nitrogens with zero attached hydrogens (tertiary/aromatic N) is 4. The van der Waals surface area contributed by atoms with Gasteiger partial charge in [-0.3, -0.25) is 9.36 Å². The molecular weight excluding hydrogens is 359 g/mol. The van der Waals surface area contributed by atoms with E-state index in [1.54, 1.807) is 6.20 Å². The molecule has 1 fully saturated rings. The molecule has 1 atom stereocenters. The maximum atomic E-state index is 13.0. The zero-order valence-corrected chi connectivity index (χ0v) is 15.6. The highest BCUT2D eigenvalue weighted by molar-refractivity contribution is 5.78. The highest BCUT2D eigenvalue weighted by atomic mass is 19.1. The third-order valence-electron chi connectivity index (χ3n) is 4.92. The molecule has 1 amide bonds. The Bertz CT molecular complexity index is 971. The van der Waals surface area contributed by atoms with Crippen molar-refractivity contribution in [3.63, 3.8) is 0 Å². The Kier molecular flexibility index (Phi) is 5.06. The van der Waals surface area contributed by atoms with Crippen LogP contribution < -0.4 is 4.74 Å². The number of hydrogen-bond acceptors (Lipinski definition) is 4. The number of likely N-dealkylation sites (tertiary alicyclic amines) is 1. The molecule has 0 radical (unpaired) electrons. The smallest absolute Gasteiger partial charge is 0.261 e. The topological polar surface area (TPSA) is 60.2 Å². The van der Waals surface area contributed by atoms with Gasteiger partial charge < -0.3 is 9.64 Å². The molecule has 0 spiro atoms. The molecule has 28 heavy (non-hydrogen) atoms. The molecule has 1 aromatic carbocycles. The van der Waals surface area contributed by atoms with Gasteiger partial charge in [0.1, 0.15) is 23.2 Å². The van der Waals surface area contributed by atoms with Crippen molar-refractivity contribution in [2.45, 2.75) is 25.8 Å². The maximum Gasteiger partial charge on any atom is 0.261 e. The number of pyridine rings is 1. The summed E-state index contributed by atoms with van der Waals surface area (Å²) < 4.78 is 20.4. The number of amides is 1. The van der Waals surface area contributed by atoms with Crippen LogP contribution in [0.3, 0.4) is 0 Å². The van der Waals surface area contributed by atoms with Crippen LogP contribution >= 0.6 is 0 Å². The van der Waals surface area contributed by atoms with Gasteiger partial charge in [0, 0.05) is 18.9 Å². The minimum Gasteiger partial charge on any atom is -0.484 e. The van der Waals surface area contributed by atoms with Crippen molar-refractivity contribution < 1.29 is 13.9 Å². The molecule has 6 nitrogen and oxygen atoms in total. The molecular formula is C21H21FN4O2. The standard InChI is InChI=1S/C21H21FN4O2/c1-15-23-11-13-25(15)20-6-2-4-18(24-20)19-5-3-12-26(19)21(27)14-28-17-9-7-16(22)8-10-17/h2,4,6-11,13,19H,3,5,12,14H2,1H3. The van der Waals surface area contributed by atoms with E-state index in [0.717, 1.165) is 30.2 Å². The van der Waals surface area contributed by atoms with Gasteiger partial charge in [-0.25, -0.2) is 14.4 Å². The van der Waals surface area contributed by atoms with E-state index in [1.807, 2.05) is 40.8 Å². The second kappa shape index (κ2) is 7.80. The summed E-state index contributed by atoms with van der Waals surface area (Å²) >= 11 is 0. The van der Waals surface area contributed by atoms with Crippen LogP contribution in [-0.2, 0) is 4.79 Å². The molecule has 1 unspecified atom stereocenters. The molecule has 3 heterocycles. The fourth-order valence-corrected chi connectivity index (χ4v) is 3.51. The highest BCUT2D eigenvalue weighted by Crippen LogP contribution is 2.31. The lowest BCUT2D eigenvalue weighted by atomic mass is 10.1. The van der Waals surface area contributed by atoms with Crippen LogP contribution in [0.4, 0.5) is 4.39 Å². The molecule has 0 bridgehead atoms. The Labute approximate surface area is 162 Å². The first-order valence-corrected chi connectivity index (χ1v) is 9.27. The Balaban J connectivity index is 1.48. The fraction of sp³-hybridized carbons (Fsp3) is 0.286. The van der Waals surface area contributed by atoms with Crippen molar-refractivity contribution in [3.8, 4) is 11.6 Å². The molecule has 1 aliphatic heterocycles. The maximum absolute atomic E-state index is 13.0. The largest absolute Gasteiger partial charge is 0.484 e. The predicted molar refractivity (Wildman–Crippen MR) is 102 cm³/mol. The zero-order valence-electron chi connectivity index (χ0n) is 15.6. The third-order valence-corrected chi connectivity index (χ3v) is 4.92. The number of benzene rings is 1. The number of halogens is 1. The van der Waals surface area contributed by atoms with Crippen LogP contribution in [0, 0.1) is 12.7 Å². The third kappa shape index (κ3) is 3.74. The monoisotopic (exact) mass is 380 g/mol. The summed E-state index contributed by atoms with van der Waals surface area (Å²) in [6.45, 7) is 2.52. The Hall–Kier alpha value is -3.22. The van der Waals surface area contributed by atoms with Gasteiger partial charge >= 0.3 is 0 Å². The normalized spacial score (nSPS) is 16.4. The average Bonchev–Trinajstić information content (AvgIpc) is 3.36. The Morgan fingerprint density at radius 1 is 1.25 bits per heavy atom. The fourth-order valence-electron chi connectivity index (χ4n) is 3.51. The van der Waals surface area contributed by atoms with Crippen molar-refractivity contribution >= 4 is 5.91 Å². The van der Waals surface area contributed by atoms with Crippen molar-refractivity contribution in [1.29, 1.82) is 0 Å². The molecule has 1 saturated heterocycles. The molecule has 3 aromatic rings. The van der Waals surface area contributed by atoms with Gasteiger partial charge in [-0.05, 0) is 56.2 Å². The van der Waals surface area contributed by atoms with E-state index in [0.29, 0.717) is 12.3 Å². The number of ether oxygens (including phenoxy) is 1. The average molecular weight is 380 g/mol. The molecule has 7 heteroatoms. The first-order valence-electron chi connectivity index (χ1n) is 9.27. The lowest BCUT2D eigenvalue weighted by molar-refractivity contribution is -0.134. The SMILES string of the molecule is Cc1nccn1-c1cccc(C2CCCN2C(=O)COc2ccc(F)cc2)n1. The van der Waals surface area contributed by atoms with Crippen LogP contribution in [0.5, 0.6) is 5.75 Å². The number of imidazole rings is 1. The van der Waals surface area contributed by atoms with Gasteiger partial charge in [0.2, 0.25) is 0 Å². The van der Waals surface area contributed by atoms with Gasteiger partial charge in [-0.15, -0.1) is 0 Å². The second-order valence-electron chi connectivity index (χ2n) is 6.75. The number of carbonyl (C=O) groups is 1. The minimum absolute atomic E-state index is 0.0758. The Morgan fingerprint density at radius 2 is 2.07 bits per heavy atom.